The van der Waals surface area contributed by atoms with Gasteiger partial charge in [-0.25, -0.2) is 27.6 Å². The maximum Gasteiger partial charge on any atom is 0.407 e. The number of ether oxygens (including phenoxy) is 2. The zero-order valence-electron chi connectivity index (χ0n) is 30.4. The molecule has 2 saturated carbocycles. The molecule has 8 rings (SSSR count). The molecule has 4 amide bonds. The van der Waals surface area contributed by atoms with E-state index >= 15 is 0 Å². The average molecular weight is 806 g/mol. The Bertz CT molecular complexity index is 2370. The van der Waals surface area contributed by atoms with E-state index in [9.17, 15) is 32.0 Å². The van der Waals surface area contributed by atoms with Gasteiger partial charge in [-0.1, -0.05) is 37.1 Å². The normalized spacial score (nSPS) is 26.3. The molecule has 4 aliphatic rings. The number of fused-ring (bicyclic) bond motifs is 5. The van der Waals surface area contributed by atoms with E-state index in [2.05, 4.69) is 20.3 Å². The number of amides is 4. The predicted octanol–water partition coefficient (Wildman–Crippen LogP) is 4.12. The van der Waals surface area contributed by atoms with Crippen molar-refractivity contribution in [3.8, 4) is 17.3 Å². The second kappa shape index (κ2) is 15.0. The van der Waals surface area contributed by atoms with Crippen LogP contribution in [0.2, 0.25) is 0 Å². The molecule has 18 heteroatoms. The van der Waals surface area contributed by atoms with E-state index in [-0.39, 0.29) is 37.5 Å². The molecular weight excluding hydrogens is 766 g/mol. The highest BCUT2D eigenvalue weighted by molar-refractivity contribution is 7.91. The van der Waals surface area contributed by atoms with Crippen LogP contribution in [0, 0.1) is 11.7 Å². The first-order valence-electron chi connectivity index (χ1n) is 18.6. The van der Waals surface area contributed by atoms with E-state index in [0.717, 1.165) is 18.2 Å². The van der Waals surface area contributed by atoms with Gasteiger partial charge in [0.05, 0.1) is 24.4 Å². The van der Waals surface area contributed by atoms with Gasteiger partial charge in [-0.05, 0) is 62.8 Å². The maximum atomic E-state index is 14.4. The maximum absolute atomic E-state index is 14.4. The second-order valence-electron chi connectivity index (χ2n) is 14.7. The van der Waals surface area contributed by atoms with Crippen molar-refractivity contribution in [3.63, 3.8) is 0 Å². The van der Waals surface area contributed by atoms with Gasteiger partial charge < -0.3 is 25.0 Å². The van der Waals surface area contributed by atoms with Crippen molar-refractivity contribution < 1.29 is 41.5 Å². The van der Waals surface area contributed by atoms with Crippen LogP contribution in [0.25, 0.3) is 31.8 Å². The van der Waals surface area contributed by atoms with Gasteiger partial charge in [-0.2, -0.15) is 4.98 Å². The first kappa shape index (κ1) is 37.7. The third-order valence-corrected chi connectivity index (χ3v) is 13.7. The molecule has 3 fully saturated rings. The molecule has 1 aromatic carbocycles. The number of thiophene rings is 1. The number of rotatable bonds is 7. The molecule has 0 radical (unpaired) electrons. The van der Waals surface area contributed by atoms with Crippen molar-refractivity contribution in [2.24, 2.45) is 5.92 Å². The Balaban J connectivity index is 1.15. The summed E-state index contributed by atoms with van der Waals surface area (Å²) in [5.41, 5.74) is -0.602. The number of carbonyl (C=O) groups excluding carboxylic acids is 4. The Hall–Kier alpha value is -5.23. The van der Waals surface area contributed by atoms with E-state index in [0.29, 0.717) is 46.3 Å². The van der Waals surface area contributed by atoms with Crippen molar-refractivity contribution >= 4 is 65.6 Å². The standard InChI is InChI=1S/C38H40FN7O8S2/c1-53-37(50)41-27-13-6-4-2-3-5-10-22-19-38(22,36(49)45-56(51,52)25-14-15-25)44-32(47)28-18-24(20-46(28)35(27)48)54-33-30-29(26-12-8-16-40-34(26)55-30)42-31(43-33)21-9-7-11-23(39)17-21/h5,7-12,16-17,22,24-25,27-28H,2-4,6,13-15,18-20H2,1H3,(H,41,50)(H,44,47)(H,45,49)/b10-5-/t22-,24-,27+,28+,38-/m1/s1. The molecule has 2 aliphatic heterocycles. The van der Waals surface area contributed by atoms with Crippen LogP contribution >= 0.6 is 11.3 Å². The topological polar surface area (TPSA) is 199 Å². The number of halogens is 1. The number of aromatic nitrogens is 3. The lowest BCUT2D eigenvalue weighted by molar-refractivity contribution is -0.141. The number of sulfonamides is 1. The molecule has 0 spiro atoms. The molecule has 3 N–H and O–H groups in total. The van der Waals surface area contributed by atoms with Crippen LogP contribution < -0.4 is 20.1 Å². The van der Waals surface area contributed by atoms with Crippen LogP contribution in [0.4, 0.5) is 9.18 Å². The molecule has 3 aromatic heterocycles. The summed E-state index contributed by atoms with van der Waals surface area (Å²) in [6.45, 7) is -0.0984. The van der Waals surface area contributed by atoms with Crippen LogP contribution in [0.5, 0.6) is 5.88 Å². The summed E-state index contributed by atoms with van der Waals surface area (Å²) in [7, 11) is -2.73. The van der Waals surface area contributed by atoms with Gasteiger partial charge in [-0.3, -0.25) is 19.1 Å². The van der Waals surface area contributed by atoms with Gasteiger partial charge >= 0.3 is 6.09 Å². The fourth-order valence-electron chi connectivity index (χ4n) is 7.50. The van der Waals surface area contributed by atoms with Crippen LogP contribution in [-0.2, 0) is 29.1 Å². The first-order valence-corrected chi connectivity index (χ1v) is 21.0. The molecular formula is C38H40FN7O8S2. The lowest BCUT2D eigenvalue weighted by atomic mass is 10.1. The smallest absolute Gasteiger partial charge is 0.407 e. The van der Waals surface area contributed by atoms with E-state index in [4.69, 9.17) is 19.4 Å². The predicted molar refractivity (Wildman–Crippen MR) is 203 cm³/mol. The van der Waals surface area contributed by atoms with Crippen LogP contribution in [-0.4, -0.2) is 94.7 Å². The lowest BCUT2D eigenvalue weighted by Gasteiger charge is -2.29. The highest BCUT2D eigenvalue weighted by Crippen LogP contribution is 2.46. The van der Waals surface area contributed by atoms with Gasteiger partial charge in [0.2, 0.25) is 27.7 Å². The highest BCUT2D eigenvalue weighted by atomic mass is 32.2. The summed E-state index contributed by atoms with van der Waals surface area (Å²) < 4.78 is 54.2. The van der Waals surface area contributed by atoms with Gasteiger partial charge in [0.1, 0.15) is 39.1 Å². The van der Waals surface area contributed by atoms with Gasteiger partial charge in [0.15, 0.2) is 5.82 Å². The quantitative estimate of drug-likeness (QED) is 0.227. The van der Waals surface area contributed by atoms with Crippen molar-refractivity contribution in [1.29, 1.82) is 0 Å². The van der Waals surface area contributed by atoms with Crippen molar-refractivity contribution in [2.45, 2.75) is 86.8 Å². The molecule has 1 saturated heterocycles. The summed E-state index contributed by atoms with van der Waals surface area (Å²) >= 11 is 1.30. The minimum Gasteiger partial charge on any atom is -0.471 e. The summed E-state index contributed by atoms with van der Waals surface area (Å²) in [6, 6.07) is 7.26. The number of allylic oxidation sites excluding steroid dienone is 1. The minimum atomic E-state index is -3.92. The van der Waals surface area contributed by atoms with E-state index in [1.54, 1.807) is 24.4 Å². The zero-order valence-corrected chi connectivity index (χ0v) is 32.0. The third-order valence-electron chi connectivity index (χ3n) is 10.7. The summed E-state index contributed by atoms with van der Waals surface area (Å²) in [5.74, 6) is -2.64. The Morgan fingerprint density at radius 3 is 2.71 bits per heavy atom. The molecule has 0 unspecified atom stereocenters. The molecule has 2 aliphatic carbocycles. The summed E-state index contributed by atoms with van der Waals surface area (Å²) in [4.78, 5) is 71.0. The Morgan fingerprint density at radius 2 is 1.93 bits per heavy atom. The summed E-state index contributed by atoms with van der Waals surface area (Å²) in [5, 5.41) is 5.57. The van der Waals surface area contributed by atoms with E-state index in [1.165, 1.54) is 35.5 Å². The molecule has 4 aromatic rings. The van der Waals surface area contributed by atoms with Crippen LogP contribution in [0.15, 0.2) is 54.7 Å². The zero-order chi connectivity index (χ0) is 39.2. The van der Waals surface area contributed by atoms with Gasteiger partial charge in [0.25, 0.3) is 5.91 Å². The minimum absolute atomic E-state index is 0.0367. The Morgan fingerprint density at radius 1 is 1.09 bits per heavy atom. The second-order valence-corrected chi connectivity index (χ2v) is 17.6. The number of benzene rings is 1. The van der Waals surface area contributed by atoms with E-state index < -0.39 is 74.5 Å². The highest BCUT2D eigenvalue weighted by Gasteiger charge is 2.62. The van der Waals surface area contributed by atoms with Crippen molar-refractivity contribution in [3.05, 3.63) is 60.6 Å². The molecule has 5 heterocycles. The number of alkyl carbamates (subject to hydrolysis) is 1. The number of methoxy groups -OCH3 is 1. The molecule has 294 valence electrons. The van der Waals surface area contributed by atoms with Crippen LogP contribution in [0.1, 0.15) is 57.8 Å². The van der Waals surface area contributed by atoms with Crippen molar-refractivity contribution in [1.82, 2.24) is 35.2 Å². The monoisotopic (exact) mass is 805 g/mol. The third kappa shape index (κ3) is 7.51. The Kier molecular flexibility index (Phi) is 10.1. The lowest BCUT2D eigenvalue weighted by Crippen LogP contribution is -2.58. The summed E-state index contributed by atoms with van der Waals surface area (Å²) in [6.07, 6.45) is 7.88. The number of nitrogens with zero attached hydrogens (tertiary/aromatic N) is 4. The number of hydrogen-bond donors (Lipinski definition) is 3. The number of carbonyl (C=O) groups is 4. The van der Waals surface area contributed by atoms with Gasteiger partial charge in [-0.15, -0.1) is 11.3 Å². The molecule has 15 nitrogen and oxygen atoms in total. The number of pyridine rings is 1. The fraction of sp³-hybridized carbons (Fsp3) is 0.447. The number of nitrogens with one attached hydrogen (secondary N) is 3. The SMILES string of the molecule is COC(=O)N[C@H]1CCCCC/C=C\[C@@H]2C[C@@]2(C(=O)NS(=O)(=O)C2CC2)NC(=O)[C@@H]2C[C@@H](Oc3nc(-c4cccc(F)c4)nc4c3sc3ncccc34)CN2C1=O. The largest absolute Gasteiger partial charge is 0.471 e. The fourth-order valence-corrected chi connectivity index (χ4v) is 9.88. The van der Waals surface area contributed by atoms with Crippen LogP contribution in [0.3, 0.4) is 0 Å². The first-order chi connectivity index (χ1) is 27.0. The molecule has 56 heavy (non-hydrogen) atoms. The average Bonchev–Trinajstić information content (AvgIpc) is 4.08. The Labute approximate surface area is 325 Å². The molecule has 0 bridgehead atoms. The molecule has 5 atom stereocenters. The van der Waals surface area contributed by atoms with Crippen molar-refractivity contribution in [2.75, 3.05) is 13.7 Å². The van der Waals surface area contributed by atoms with E-state index in [1.807, 2.05) is 18.2 Å². The van der Waals surface area contributed by atoms with Gasteiger partial charge in [0, 0.05) is 29.5 Å². The number of hydrogen-bond acceptors (Lipinski definition) is 12.